The van der Waals surface area contributed by atoms with Crippen molar-refractivity contribution in [2.45, 2.75) is 26.4 Å². The predicted octanol–water partition coefficient (Wildman–Crippen LogP) is 3.89. The molecule has 3 nitrogen and oxygen atoms in total. The number of nitrogens with one attached hydrogen (secondary N) is 1. The summed E-state index contributed by atoms with van der Waals surface area (Å²) in [5.74, 6) is 0.814. The molecule has 0 aliphatic heterocycles. The summed E-state index contributed by atoms with van der Waals surface area (Å²) < 4.78 is 12.0. The molecule has 1 N–H and O–H groups in total. The van der Waals surface area contributed by atoms with Gasteiger partial charge in [-0.2, -0.15) is 0 Å². The molecule has 0 saturated carbocycles. The van der Waals surface area contributed by atoms with Crippen LogP contribution < -0.4 is 10.1 Å². The Labute approximate surface area is 128 Å². The number of hydrogen-bond acceptors (Lipinski definition) is 3. The summed E-state index contributed by atoms with van der Waals surface area (Å²) in [5, 5.41) is 4.01. The largest absolute Gasteiger partial charge is 0.491 e. The fourth-order valence-electron chi connectivity index (χ4n) is 1.47. The molecule has 0 aliphatic carbocycles. The summed E-state index contributed by atoms with van der Waals surface area (Å²) >= 11 is 9.28. The molecule has 19 heavy (non-hydrogen) atoms. The highest BCUT2D eigenvalue weighted by atomic mass is 79.9. The minimum atomic E-state index is 0.311. The van der Waals surface area contributed by atoms with Crippen molar-refractivity contribution in [2.24, 2.45) is 0 Å². The Morgan fingerprint density at radius 3 is 2.74 bits per heavy atom. The van der Waals surface area contributed by atoms with E-state index in [1.165, 1.54) is 0 Å². The first-order chi connectivity index (χ1) is 9.09. The van der Waals surface area contributed by atoms with Gasteiger partial charge in [-0.05, 0) is 60.9 Å². The van der Waals surface area contributed by atoms with Gasteiger partial charge in [0.15, 0.2) is 0 Å². The minimum Gasteiger partial charge on any atom is -0.491 e. The van der Waals surface area contributed by atoms with Gasteiger partial charge in [0, 0.05) is 18.2 Å². The summed E-state index contributed by atoms with van der Waals surface area (Å²) in [6.07, 6.45) is 1.33. The van der Waals surface area contributed by atoms with Gasteiger partial charge in [0.2, 0.25) is 0 Å². The third-order valence-corrected chi connectivity index (χ3v) is 3.23. The van der Waals surface area contributed by atoms with Crippen LogP contribution in [0.5, 0.6) is 5.75 Å². The van der Waals surface area contributed by atoms with E-state index in [4.69, 9.17) is 21.1 Å². The maximum absolute atomic E-state index is 5.86. The molecule has 0 atom stereocenters. The Morgan fingerprint density at radius 2 is 2.05 bits per heavy atom. The second-order valence-corrected chi connectivity index (χ2v) is 5.74. The average molecular weight is 351 g/mol. The molecule has 1 aromatic rings. The van der Waals surface area contributed by atoms with Gasteiger partial charge in [0.1, 0.15) is 12.4 Å². The first kappa shape index (κ1) is 16.8. The maximum atomic E-state index is 5.86. The first-order valence-corrected chi connectivity index (χ1v) is 7.67. The Hall–Kier alpha value is -0.290. The molecule has 0 amide bonds. The number of benzene rings is 1. The van der Waals surface area contributed by atoms with Crippen LogP contribution in [0.3, 0.4) is 0 Å². The van der Waals surface area contributed by atoms with Crippen molar-refractivity contribution < 1.29 is 9.47 Å². The third kappa shape index (κ3) is 7.78. The number of ether oxygens (including phenoxy) is 2. The monoisotopic (exact) mass is 349 g/mol. The molecule has 1 aromatic carbocycles. The fourth-order valence-corrected chi connectivity index (χ4v) is 2.26. The van der Waals surface area contributed by atoms with Crippen LogP contribution >= 0.6 is 27.5 Å². The van der Waals surface area contributed by atoms with E-state index in [1.807, 2.05) is 32.0 Å². The van der Waals surface area contributed by atoms with E-state index in [0.717, 1.165) is 36.3 Å². The lowest BCUT2D eigenvalue weighted by Crippen LogP contribution is -2.23. The normalized spacial score (nSPS) is 11.0. The molecule has 0 heterocycles. The highest BCUT2D eigenvalue weighted by molar-refractivity contribution is 9.10. The van der Waals surface area contributed by atoms with E-state index in [2.05, 4.69) is 21.2 Å². The van der Waals surface area contributed by atoms with Crippen molar-refractivity contribution in [3.05, 3.63) is 27.7 Å². The van der Waals surface area contributed by atoms with E-state index in [1.54, 1.807) is 0 Å². The highest BCUT2D eigenvalue weighted by Crippen LogP contribution is 2.27. The highest BCUT2D eigenvalue weighted by Gasteiger charge is 2.01. The SMILES string of the molecule is CC(C)OCCCNCCOc1ccc(Cl)cc1Br. The van der Waals surface area contributed by atoms with Crippen LogP contribution in [0.15, 0.2) is 22.7 Å². The summed E-state index contributed by atoms with van der Waals surface area (Å²) in [6.45, 7) is 7.28. The lowest BCUT2D eigenvalue weighted by atomic mass is 10.3. The zero-order chi connectivity index (χ0) is 14.1. The van der Waals surface area contributed by atoms with Gasteiger partial charge >= 0.3 is 0 Å². The summed E-state index contributed by atoms with van der Waals surface area (Å²) in [4.78, 5) is 0. The number of rotatable bonds is 9. The molecule has 108 valence electrons. The Kier molecular flexibility index (Phi) is 8.46. The third-order valence-electron chi connectivity index (χ3n) is 2.38. The van der Waals surface area contributed by atoms with Crippen molar-refractivity contribution in [1.29, 1.82) is 0 Å². The van der Waals surface area contributed by atoms with Crippen LogP contribution in [-0.4, -0.2) is 32.4 Å². The lowest BCUT2D eigenvalue weighted by molar-refractivity contribution is 0.0770. The second kappa shape index (κ2) is 9.59. The average Bonchev–Trinajstić information content (AvgIpc) is 2.34. The minimum absolute atomic E-state index is 0.311. The van der Waals surface area contributed by atoms with Gasteiger partial charge < -0.3 is 14.8 Å². The lowest BCUT2D eigenvalue weighted by Gasteiger charge is -2.10. The van der Waals surface area contributed by atoms with Gasteiger partial charge in [-0.25, -0.2) is 0 Å². The zero-order valence-corrected chi connectivity index (χ0v) is 13.8. The molecule has 0 aliphatic rings. The fraction of sp³-hybridized carbons (Fsp3) is 0.571. The van der Waals surface area contributed by atoms with Crippen molar-refractivity contribution in [3.63, 3.8) is 0 Å². The van der Waals surface area contributed by atoms with Crippen molar-refractivity contribution in [2.75, 3.05) is 26.3 Å². The van der Waals surface area contributed by atoms with Gasteiger partial charge in [0.25, 0.3) is 0 Å². The summed E-state index contributed by atoms with van der Waals surface area (Å²) in [7, 11) is 0. The van der Waals surface area contributed by atoms with Gasteiger partial charge in [-0.15, -0.1) is 0 Å². The molecule has 0 saturated heterocycles. The van der Waals surface area contributed by atoms with Crippen molar-refractivity contribution in [1.82, 2.24) is 5.32 Å². The van der Waals surface area contributed by atoms with E-state index in [-0.39, 0.29) is 0 Å². The first-order valence-electron chi connectivity index (χ1n) is 6.49. The topological polar surface area (TPSA) is 30.5 Å². The Bertz CT molecular complexity index is 374. The van der Waals surface area contributed by atoms with Gasteiger partial charge in [-0.3, -0.25) is 0 Å². The molecular weight excluding hydrogens is 330 g/mol. The van der Waals surface area contributed by atoms with Crippen molar-refractivity contribution >= 4 is 27.5 Å². The molecular formula is C14H21BrClNO2. The maximum Gasteiger partial charge on any atom is 0.133 e. The Balaban J connectivity index is 2.04. The van der Waals surface area contributed by atoms with Crippen LogP contribution in [0, 0.1) is 0 Å². The van der Waals surface area contributed by atoms with Gasteiger partial charge in [0.05, 0.1) is 10.6 Å². The molecule has 0 spiro atoms. The standard InChI is InChI=1S/C14H21BrClNO2/c1-11(2)18-8-3-6-17-7-9-19-14-5-4-12(16)10-13(14)15/h4-5,10-11,17H,3,6-9H2,1-2H3. The van der Waals surface area contributed by atoms with Crippen LogP contribution in [0.1, 0.15) is 20.3 Å². The second-order valence-electron chi connectivity index (χ2n) is 4.45. The number of hydrogen-bond donors (Lipinski definition) is 1. The molecule has 1 rings (SSSR count). The molecule has 0 unspecified atom stereocenters. The molecule has 0 bridgehead atoms. The van der Waals surface area contributed by atoms with E-state index in [9.17, 15) is 0 Å². The zero-order valence-electron chi connectivity index (χ0n) is 11.4. The van der Waals surface area contributed by atoms with E-state index < -0.39 is 0 Å². The molecule has 5 heteroatoms. The smallest absolute Gasteiger partial charge is 0.133 e. The van der Waals surface area contributed by atoms with Crippen molar-refractivity contribution in [3.8, 4) is 5.75 Å². The Morgan fingerprint density at radius 1 is 1.26 bits per heavy atom. The van der Waals surface area contributed by atoms with E-state index >= 15 is 0 Å². The van der Waals surface area contributed by atoms with Crippen LogP contribution in [0.25, 0.3) is 0 Å². The molecule has 0 aromatic heterocycles. The van der Waals surface area contributed by atoms with Gasteiger partial charge in [-0.1, -0.05) is 11.6 Å². The molecule has 0 radical (unpaired) electrons. The predicted molar refractivity (Wildman–Crippen MR) is 83.2 cm³/mol. The van der Waals surface area contributed by atoms with Crippen LogP contribution in [-0.2, 0) is 4.74 Å². The number of halogens is 2. The summed E-state index contributed by atoms with van der Waals surface area (Å²) in [6, 6.07) is 5.51. The van der Waals surface area contributed by atoms with Crippen LogP contribution in [0.2, 0.25) is 5.02 Å². The molecule has 0 fully saturated rings. The summed E-state index contributed by atoms with van der Waals surface area (Å²) in [5.41, 5.74) is 0. The van der Waals surface area contributed by atoms with E-state index in [0.29, 0.717) is 17.7 Å². The quantitative estimate of drug-likeness (QED) is 0.685. The van der Waals surface area contributed by atoms with Crippen LogP contribution in [0.4, 0.5) is 0 Å².